The largest absolute Gasteiger partial charge is 0.508 e. The maximum atomic E-state index is 12.1. The minimum Gasteiger partial charge on any atom is -0.508 e. The van der Waals surface area contributed by atoms with Gasteiger partial charge >= 0.3 is 0 Å². The Kier molecular flexibility index (Phi) is 4.02. The summed E-state index contributed by atoms with van der Waals surface area (Å²) in [6.07, 6.45) is 3.08. The van der Waals surface area contributed by atoms with E-state index in [-0.39, 0.29) is 11.5 Å². The van der Waals surface area contributed by atoms with Gasteiger partial charge in [0.05, 0.1) is 5.02 Å². The molecule has 1 heterocycles. The van der Waals surface area contributed by atoms with E-state index in [0.717, 1.165) is 5.56 Å². The number of phenolic OH excluding ortho intramolecular Hbond substituents is 1. The maximum Gasteiger partial charge on any atom is 0.185 e. The van der Waals surface area contributed by atoms with Crippen molar-refractivity contribution >= 4 is 23.5 Å². The molecule has 0 atom stereocenters. The predicted molar refractivity (Wildman–Crippen MR) is 83.9 cm³/mol. The molecule has 112 valence electrons. The summed E-state index contributed by atoms with van der Waals surface area (Å²) in [7, 11) is 0. The summed E-state index contributed by atoms with van der Waals surface area (Å²) in [6.45, 7) is 0.941. The molecule has 1 N–H and O–H groups in total. The Labute approximate surface area is 132 Å². The Hall–Kier alpha value is -2.46. The van der Waals surface area contributed by atoms with Gasteiger partial charge in [0.25, 0.3) is 0 Å². The van der Waals surface area contributed by atoms with Crippen molar-refractivity contribution in [2.45, 2.75) is 0 Å². The lowest BCUT2D eigenvalue weighted by molar-refractivity contribution is 0.104. The van der Waals surface area contributed by atoms with Gasteiger partial charge in [-0.05, 0) is 35.9 Å². The SMILES string of the molecule is O=C(/C=C/c1cc(Cl)c2c(c1)OCCO2)c1cccc(O)c1. The highest BCUT2D eigenvalue weighted by Crippen LogP contribution is 2.38. The normalized spacial score (nSPS) is 13.3. The van der Waals surface area contributed by atoms with E-state index in [1.54, 1.807) is 30.3 Å². The number of ketones is 1. The molecule has 5 heteroatoms. The number of aromatic hydroxyl groups is 1. The smallest absolute Gasteiger partial charge is 0.185 e. The van der Waals surface area contributed by atoms with Gasteiger partial charge in [-0.1, -0.05) is 29.8 Å². The molecule has 0 spiro atoms. The Morgan fingerprint density at radius 1 is 1.18 bits per heavy atom. The van der Waals surface area contributed by atoms with Crippen molar-refractivity contribution in [2.75, 3.05) is 13.2 Å². The highest BCUT2D eigenvalue weighted by Gasteiger charge is 2.16. The Bertz CT molecular complexity index is 752. The maximum absolute atomic E-state index is 12.1. The topological polar surface area (TPSA) is 55.8 Å². The molecule has 0 amide bonds. The van der Waals surface area contributed by atoms with Gasteiger partial charge in [-0.25, -0.2) is 0 Å². The lowest BCUT2D eigenvalue weighted by Crippen LogP contribution is -2.15. The Balaban J connectivity index is 1.83. The highest BCUT2D eigenvalue weighted by molar-refractivity contribution is 6.32. The molecule has 0 aromatic heterocycles. The van der Waals surface area contributed by atoms with E-state index in [1.807, 2.05) is 0 Å². The number of rotatable bonds is 3. The number of hydrogen-bond donors (Lipinski definition) is 1. The van der Waals surface area contributed by atoms with Crippen molar-refractivity contribution in [3.05, 3.63) is 58.6 Å². The number of benzene rings is 2. The van der Waals surface area contributed by atoms with Crippen LogP contribution in [0.3, 0.4) is 0 Å². The van der Waals surface area contributed by atoms with Gasteiger partial charge in [-0.15, -0.1) is 0 Å². The number of carbonyl (C=O) groups excluding carboxylic acids is 1. The minimum absolute atomic E-state index is 0.0571. The molecular weight excluding hydrogens is 304 g/mol. The quantitative estimate of drug-likeness (QED) is 0.692. The molecule has 3 rings (SSSR count). The average molecular weight is 317 g/mol. The fourth-order valence-electron chi connectivity index (χ4n) is 2.15. The second kappa shape index (κ2) is 6.12. The van der Waals surface area contributed by atoms with Crippen LogP contribution in [-0.4, -0.2) is 24.1 Å². The van der Waals surface area contributed by atoms with Crippen molar-refractivity contribution in [1.82, 2.24) is 0 Å². The zero-order valence-electron chi connectivity index (χ0n) is 11.6. The molecule has 0 bridgehead atoms. The van der Waals surface area contributed by atoms with Crippen LogP contribution < -0.4 is 9.47 Å². The molecule has 0 unspecified atom stereocenters. The van der Waals surface area contributed by atoms with E-state index >= 15 is 0 Å². The van der Waals surface area contributed by atoms with E-state index in [9.17, 15) is 9.90 Å². The van der Waals surface area contributed by atoms with Gasteiger partial charge < -0.3 is 14.6 Å². The Morgan fingerprint density at radius 2 is 2.00 bits per heavy atom. The van der Waals surface area contributed by atoms with Crippen LogP contribution in [0.4, 0.5) is 0 Å². The van der Waals surface area contributed by atoms with E-state index < -0.39 is 0 Å². The van der Waals surface area contributed by atoms with Crippen molar-refractivity contribution in [3.8, 4) is 17.2 Å². The molecule has 0 aliphatic carbocycles. The first-order chi connectivity index (χ1) is 10.6. The van der Waals surface area contributed by atoms with E-state index in [4.69, 9.17) is 21.1 Å². The first kappa shape index (κ1) is 14.5. The van der Waals surface area contributed by atoms with Crippen molar-refractivity contribution in [3.63, 3.8) is 0 Å². The van der Waals surface area contributed by atoms with Gasteiger partial charge in [0.2, 0.25) is 0 Å². The number of ether oxygens (including phenoxy) is 2. The van der Waals surface area contributed by atoms with Gasteiger partial charge in [0, 0.05) is 5.56 Å². The van der Waals surface area contributed by atoms with Crippen LogP contribution in [-0.2, 0) is 0 Å². The molecule has 22 heavy (non-hydrogen) atoms. The van der Waals surface area contributed by atoms with Crippen LogP contribution in [0.1, 0.15) is 15.9 Å². The van der Waals surface area contributed by atoms with Gasteiger partial charge in [-0.3, -0.25) is 4.79 Å². The molecular formula is C17H13ClO4. The number of hydrogen-bond acceptors (Lipinski definition) is 4. The van der Waals surface area contributed by atoms with Crippen LogP contribution >= 0.6 is 11.6 Å². The number of carbonyl (C=O) groups is 1. The van der Waals surface area contributed by atoms with Crippen LogP contribution in [0.2, 0.25) is 5.02 Å². The lowest BCUT2D eigenvalue weighted by Gasteiger charge is -2.19. The first-order valence-electron chi connectivity index (χ1n) is 6.74. The zero-order chi connectivity index (χ0) is 15.5. The summed E-state index contributed by atoms with van der Waals surface area (Å²) < 4.78 is 10.9. The fourth-order valence-corrected chi connectivity index (χ4v) is 2.43. The van der Waals surface area contributed by atoms with Crippen LogP contribution in [0, 0.1) is 0 Å². The standard InChI is InChI=1S/C17H13ClO4/c18-14-8-11(9-16-17(14)22-7-6-21-16)4-5-15(20)12-2-1-3-13(19)10-12/h1-5,8-10,19H,6-7H2/b5-4+. The van der Waals surface area contributed by atoms with Crippen molar-refractivity contribution in [2.24, 2.45) is 0 Å². The summed E-state index contributed by atoms with van der Waals surface area (Å²) in [5.41, 5.74) is 1.16. The third-order valence-corrected chi connectivity index (χ3v) is 3.46. The van der Waals surface area contributed by atoms with E-state index in [0.29, 0.717) is 35.3 Å². The summed E-state index contributed by atoms with van der Waals surface area (Å²) in [5.74, 6) is 0.955. The Morgan fingerprint density at radius 3 is 2.82 bits per heavy atom. The van der Waals surface area contributed by atoms with Gasteiger partial charge in [0.15, 0.2) is 17.3 Å². The highest BCUT2D eigenvalue weighted by atomic mass is 35.5. The molecule has 4 nitrogen and oxygen atoms in total. The molecule has 1 aliphatic heterocycles. The molecule has 0 radical (unpaired) electrons. The van der Waals surface area contributed by atoms with Gasteiger partial charge in [-0.2, -0.15) is 0 Å². The van der Waals surface area contributed by atoms with Crippen LogP contribution in [0.5, 0.6) is 17.2 Å². The average Bonchev–Trinajstić information content (AvgIpc) is 2.53. The lowest BCUT2D eigenvalue weighted by atomic mass is 10.1. The number of phenols is 1. The molecule has 1 aliphatic rings. The number of allylic oxidation sites excluding steroid dienone is 1. The van der Waals surface area contributed by atoms with Crippen molar-refractivity contribution < 1.29 is 19.4 Å². The summed E-state index contributed by atoms with van der Waals surface area (Å²) in [6, 6.07) is 9.68. The number of halogens is 1. The van der Waals surface area contributed by atoms with Gasteiger partial charge in [0.1, 0.15) is 19.0 Å². The van der Waals surface area contributed by atoms with E-state index in [1.165, 1.54) is 18.2 Å². The third-order valence-electron chi connectivity index (χ3n) is 3.18. The molecule has 2 aromatic carbocycles. The summed E-state index contributed by atoms with van der Waals surface area (Å²) in [4.78, 5) is 12.1. The van der Waals surface area contributed by atoms with Crippen LogP contribution in [0.25, 0.3) is 6.08 Å². The van der Waals surface area contributed by atoms with E-state index in [2.05, 4.69) is 0 Å². The second-order valence-electron chi connectivity index (χ2n) is 4.77. The third kappa shape index (κ3) is 3.07. The van der Waals surface area contributed by atoms with Crippen LogP contribution in [0.15, 0.2) is 42.5 Å². The second-order valence-corrected chi connectivity index (χ2v) is 5.18. The number of fused-ring (bicyclic) bond motifs is 1. The summed E-state index contributed by atoms with van der Waals surface area (Å²) in [5, 5.41) is 9.84. The minimum atomic E-state index is -0.207. The summed E-state index contributed by atoms with van der Waals surface area (Å²) >= 11 is 6.14. The monoisotopic (exact) mass is 316 g/mol. The zero-order valence-corrected chi connectivity index (χ0v) is 12.3. The molecule has 0 fully saturated rings. The molecule has 2 aromatic rings. The first-order valence-corrected chi connectivity index (χ1v) is 7.12. The molecule has 0 saturated carbocycles. The fraction of sp³-hybridized carbons (Fsp3) is 0.118. The molecule has 0 saturated heterocycles. The van der Waals surface area contributed by atoms with Crippen molar-refractivity contribution in [1.29, 1.82) is 0 Å². The predicted octanol–water partition coefficient (Wildman–Crippen LogP) is 3.71.